The van der Waals surface area contributed by atoms with Crippen LogP contribution in [-0.4, -0.2) is 16.5 Å². The van der Waals surface area contributed by atoms with Crippen LogP contribution in [0.2, 0.25) is 5.15 Å². The third kappa shape index (κ3) is 2.78. The SMILES string of the molecule is CCNc1cc(Cl)nc(I)n1. The average Bonchev–Trinajstić information content (AvgIpc) is 1.85. The second kappa shape index (κ2) is 4.06. The van der Waals surface area contributed by atoms with Crippen molar-refractivity contribution in [2.24, 2.45) is 0 Å². The fourth-order valence-corrected chi connectivity index (χ4v) is 1.51. The summed E-state index contributed by atoms with van der Waals surface area (Å²) in [5.41, 5.74) is 0. The Morgan fingerprint density at radius 2 is 2.36 bits per heavy atom. The van der Waals surface area contributed by atoms with Crippen LogP contribution in [0.15, 0.2) is 6.07 Å². The van der Waals surface area contributed by atoms with Crippen LogP contribution >= 0.6 is 34.2 Å². The van der Waals surface area contributed by atoms with Crippen LogP contribution in [0.4, 0.5) is 5.82 Å². The van der Waals surface area contributed by atoms with Gasteiger partial charge in [-0.1, -0.05) is 11.6 Å². The molecule has 1 heterocycles. The zero-order valence-corrected chi connectivity index (χ0v) is 8.85. The highest BCUT2D eigenvalue weighted by molar-refractivity contribution is 14.1. The van der Waals surface area contributed by atoms with Crippen LogP contribution < -0.4 is 5.32 Å². The summed E-state index contributed by atoms with van der Waals surface area (Å²) in [6, 6.07) is 1.70. The van der Waals surface area contributed by atoms with Gasteiger partial charge in [-0.15, -0.1) is 0 Å². The van der Waals surface area contributed by atoms with Crippen molar-refractivity contribution in [3.63, 3.8) is 0 Å². The standard InChI is InChI=1S/C6H7ClIN3/c1-2-9-5-3-4(7)10-6(8)11-5/h3H,2H2,1H3,(H,9,10,11). The Hall–Kier alpha value is -0.100. The van der Waals surface area contributed by atoms with E-state index in [0.717, 1.165) is 12.4 Å². The van der Waals surface area contributed by atoms with Crippen molar-refractivity contribution < 1.29 is 0 Å². The maximum Gasteiger partial charge on any atom is 0.194 e. The summed E-state index contributed by atoms with van der Waals surface area (Å²) < 4.78 is 0.658. The fourth-order valence-electron chi connectivity index (χ4n) is 0.662. The molecule has 0 spiro atoms. The van der Waals surface area contributed by atoms with Gasteiger partial charge in [-0.05, 0) is 6.92 Å². The normalized spacial score (nSPS) is 9.73. The number of aromatic nitrogens is 2. The van der Waals surface area contributed by atoms with Gasteiger partial charge in [0.05, 0.1) is 0 Å². The predicted molar refractivity (Wildman–Crippen MR) is 53.9 cm³/mol. The second-order valence-electron chi connectivity index (χ2n) is 1.88. The van der Waals surface area contributed by atoms with Crippen LogP contribution in [0.3, 0.4) is 0 Å². The molecule has 0 aliphatic heterocycles. The minimum Gasteiger partial charge on any atom is -0.370 e. The van der Waals surface area contributed by atoms with Crippen molar-refractivity contribution in [2.45, 2.75) is 6.92 Å². The number of hydrogen-bond acceptors (Lipinski definition) is 3. The van der Waals surface area contributed by atoms with Crippen molar-refractivity contribution in [3.05, 3.63) is 15.1 Å². The first-order valence-corrected chi connectivity index (χ1v) is 4.62. The molecular formula is C6H7ClIN3. The van der Waals surface area contributed by atoms with Gasteiger partial charge in [0.25, 0.3) is 0 Å². The van der Waals surface area contributed by atoms with E-state index in [2.05, 4.69) is 15.3 Å². The Morgan fingerprint density at radius 3 is 2.91 bits per heavy atom. The van der Waals surface area contributed by atoms with Crippen molar-refractivity contribution >= 4 is 40.0 Å². The lowest BCUT2D eigenvalue weighted by molar-refractivity contribution is 1.07. The molecule has 0 radical (unpaired) electrons. The third-order valence-corrected chi connectivity index (χ3v) is 1.70. The van der Waals surface area contributed by atoms with E-state index in [4.69, 9.17) is 11.6 Å². The molecule has 0 unspecified atom stereocenters. The first kappa shape index (κ1) is 8.99. The van der Waals surface area contributed by atoms with Crippen LogP contribution in [0.5, 0.6) is 0 Å². The quantitative estimate of drug-likeness (QED) is 0.513. The number of nitrogens with one attached hydrogen (secondary N) is 1. The lowest BCUT2D eigenvalue weighted by atomic mass is 10.5. The van der Waals surface area contributed by atoms with Gasteiger partial charge in [-0.2, -0.15) is 0 Å². The van der Waals surface area contributed by atoms with Gasteiger partial charge in [0.2, 0.25) is 0 Å². The first-order valence-electron chi connectivity index (χ1n) is 3.16. The van der Waals surface area contributed by atoms with Crippen molar-refractivity contribution in [2.75, 3.05) is 11.9 Å². The summed E-state index contributed by atoms with van der Waals surface area (Å²) in [5, 5.41) is 3.52. The molecule has 0 atom stereocenters. The molecule has 5 heteroatoms. The molecule has 0 amide bonds. The van der Waals surface area contributed by atoms with E-state index in [1.165, 1.54) is 0 Å². The predicted octanol–water partition coefficient (Wildman–Crippen LogP) is 2.17. The maximum absolute atomic E-state index is 5.69. The van der Waals surface area contributed by atoms with E-state index in [1.807, 2.05) is 29.5 Å². The Morgan fingerprint density at radius 1 is 1.64 bits per heavy atom. The van der Waals surface area contributed by atoms with E-state index in [0.29, 0.717) is 8.98 Å². The molecule has 0 bridgehead atoms. The Balaban J connectivity index is 2.89. The molecule has 0 aliphatic rings. The van der Waals surface area contributed by atoms with E-state index in [-0.39, 0.29) is 0 Å². The molecule has 1 rings (SSSR count). The molecule has 1 N–H and O–H groups in total. The average molecular weight is 283 g/mol. The summed E-state index contributed by atoms with van der Waals surface area (Å²) in [6.07, 6.45) is 0. The zero-order chi connectivity index (χ0) is 8.27. The topological polar surface area (TPSA) is 37.8 Å². The van der Waals surface area contributed by atoms with Crippen LogP contribution in [0.25, 0.3) is 0 Å². The summed E-state index contributed by atoms with van der Waals surface area (Å²) in [5.74, 6) is 0.775. The summed E-state index contributed by atoms with van der Waals surface area (Å²) in [6.45, 7) is 2.84. The lowest BCUT2D eigenvalue weighted by Crippen LogP contribution is -2.01. The van der Waals surface area contributed by atoms with Crippen LogP contribution in [0, 0.1) is 3.83 Å². The summed E-state index contributed by atoms with van der Waals surface area (Å²) in [7, 11) is 0. The molecule has 0 fully saturated rings. The van der Waals surface area contributed by atoms with Crippen LogP contribution in [0.1, 0.15) is 6.92 Å². The van der Waals surface area contributed by atoms with Crippen molar-refractivity contribution in [3.8, 4) is 0 Å². The van der Waals surface area contributed by atoms with Gasteiger partial charge >= 0.3 is 0 Å². The van der Waals surface area contributed by atoms with Gasteiger partial charge in [0.15, 0.2) is 3.83 Å². The molecule has 0 saturated heterocycles. The molecule has 60 valence electrons. The van der Waals surface area contributed by atoms with Crippen molar-refractivity contribution in [1.29, 1.82) is 0 Å². The molecule has 0 aliphatic carbocycles. The van der Waals surface area contributed by atoms with E-state index < -0.39 is 0 Å². The van der Waals surface area contributed by atoms with E-state index in [9.17, 15) is 0 Å². The molecular weight excluding hydrogens is 276 g/mol. The molecule has 1 aromatic rings. The smallest absolute Gasteiger partial charge is 0.194 e. The van der Waals surface area contributed by atoms with Gasteiger partial charge in [-0.25, -0.2) is 9.97 Å². The monoisotopic (exact) mass is 283 g/mol. The van der Waals surface area contributed by atoms with Gasteiger partial charge in [0.1, 0.15) is 11.0 Å². The Kier molecular flexibility index (Phi) is 3.32. The number of hydrogen-bond donors (Lipinski definition) is 1. The van der Waals surface area contributed by atoms with Gasteiger partial charge in [0, 0.05) is 35.2 Å². The third-order valence-electron chi connectivity index (χ3n) is 1.03. The molecule has 3 nitrogen and oxygen atoms in total. The minimum atomic E-state index is 0.473. The number of anilines is 1. The highest BCUT2D eigenvalue weighted by Gasteiger charge is 1.97. The van der Waals surface area contributed by atoms with Crippen molar-refractivity contribution in [1.82, 2.24) is 9.97 Å². The molecule has 1 aromatic heterocycles. The van der Waals surface area contributed by atoms with E-state index in [1.54, 1.807) is 6.07 Å². The maximum atomic E-state index is 5.69. The second-order valence-corrected chi connectivity index (χ2v) is 3.23. The number of rotatable bonds is 2. The Bertz CT molecular complexity index is 233. The largest absolute Gasteiger partial charge is 0.370 e. The number of nitrogens with zero attached hydrogens (tertiary/aromatic N) is 2. The number of halogens is 2. The first-order chi connectivity index (χ1) is 5.22. The van der Waals surface area contributed by atoms with Gasteiger partial charge in [-0.3, -0.25) is 0 Å². The highest BCUT2D eigenvalue weighted by Crippen LogP contribution is 2.11. The van der Waals surface area contributed by atoms with Gasteiger partial charge < -0.3 is 5.32 Å². The minimum absolute atomic E-state index is 0.473. The lowest BCUT2D eigenvalue weighted by Gasteiger charge is -2.01. The highest BCUT2D eigenvalue weighted by atomic mass is 127. The molecule has 11 heavy (non-hydrogen) atoms. The molecule has 0 aromatic carbocycles. The Labute approximate surface area is 83.7 Å². The zero-order valence-electron chi connectivity index (χ0n) is 5.93. The van der Waals surface area contributed by atoms with E-state index >= 15 is 0 Å². The summed E-state index contributed by atoms with van der Waals surface area (Å²) in [4.78, 5) is 8.02. The molecule has 0 saturated carbocycles. The summed E-state index contributed by atoms with van der Waals surface area (Å²) >= 11 is 7.71. The van der Waals surface area contributed by atoms with Crippen LogP contribution in [-0.2, 0) is 0 Å². The fraction of sp³-hybridized carbons (Fsp3) is 0.333.